The standard InChI is InChI=1S/C29H22N4O5/c1-19-9-5-6-12-22(19)28-23-13-7-8-14-27(23)38-29(20-10-3-2-4-11-20)24(28)18-30-31-25-16-15-21(32(34)35)17-26(25)33(36)37/h2-18,28,31H,1H3/b30-18-/t28-/m1/s1. The zero-order valence-electron chi connectivity index (χ0n) is 20.3. The first-order valence-electron chi connectivity index (χ1n) is 11.8. The minimum atomic E-state index is -0.685. The molecule has 1 aliphatic heterocycles. The molecule has 9 heteroatoms. The molecule has 4 aromatic carbocycles. The second-order valence-electron chi connectivity index (χ2n) is 8.67. The fraction of sp³-hybridized carbons (Fsp3) is 0.0690. The largest absolute Gasteiger partial charge is 0.456 e. The number of ether oxygens (including phenoxy) is 1. The lowest BCUT2D eigenvalue weighted by Gasteiger charge is -2.30. The molecule has 38 heavy (non-hydrogen) atoms. The van der Waals surface area contributed by atoms with E-state index >= 15 is 0 Å². The van der Waals surface area contributed by atoms with Gasteiger partial charge >= 0.3 is 5.69 Å². The summed E-state index contributed by atoms with van der Waals surface area (Å²) in [6, 6.07) is 28.9. The van der Waals surface area contributed by atoms with Crippen LogP contribution in [-0.4, -0.2) is 16.1 Å². The Morgan fingerprint density at radius 1 is 0.842 bits per heavy atom. The molecule has 188 valence electrons. The normalized spacial score (nSPS) is 14.6. The van der Waals surface area contributed by atoms with E-state index in [1.54, 1.807) is 6.21 Å². The van der Waals surface area contributed by atoms with Gasteiger partial charge in [-0.25, -0.2) is 0 Å². The molecule has 4 aromatic rings. The fourth-order valence-corrected chi connectivity index (χ4v) is 4.52. The van der Waals surface area contributed by atoms with Gasteiger partial charge in [0.05, 0.1) is 22.1 Å². The number of non-ortho nitro benzene ring substituents is 1. The smallest absolute Gasteiger partial charge is 0.301 e. The summed E-state index contributed by atoms with van der Waals surface area (Å²) in [5.41, 5.74) is 6.63. The van der Waals surface area contributed by atoms with Crippen LogP contribution in [-0.2, 0) is 0 Å². The van der Waals surface area contributed by atoms with Crippen molar-refractivity contribution in [1.82, 2.24) is 0 Å². The topological polar surface area (TPSA) is 120 Å². The van der Waals surface area contributed by atoms with Gasteiger partial charge in [0.1, 0.15) is 17.2 Å². The molecule has 5 rings (SSSR count). The van der Waals surface area contributed by atoms with Crippen molar-refractivity contribution in [3.8, 4) is 5.75 Å². The number of rotatable bonds is 7. The van der Waals surface area contributed by atoms with Crippen molar-refractivity contribution < 1.29 is 14.6 Å². The molecule has 0 aromatic heterocycles. The second kappa shape index (κ2) is 10.4. The average molecular weight is 507 g/mol. The summed E-state index contributed by atoms with van der Waals surface area (Å²) in [6.07, 6.45) is 1.60. The average Bonchev–Trinajstić information content (AvgIpc) is 2.93. The van der Waals surface area contributed by atoms with E-state index in [9.17, 15) is 20.2 Å². The Morgan fingerprint density at radius 3 is 2.24 bits per heavy atom. The zero-order chi connectivity index (χ0) is 26.6. The van der Waals surface area contributed by atoms with Gasteiger partial charge in [-0.2, -0.15) is 5.10 Å². The number of hydrazone groups is 1. The van der Waals surface area contributed by atoms with Gasteiger partial charge in [0.2, 0.25) is 0 Å². The third-order valence-corrected chi connectivity index (χ3v) is 6.33. The molecule has 0 spiro atoms. The summed E-state index contributed by atoms with van der Waals surface area (Å²) in [7, 11) is 0. The van der Waals surface area contributed by atoms with Gasteiger partial charge in [0.15, 0.2) is 0 Å². The first-order chi connectivity index (χ1) is 18.4. The highest BCUT2D eigenvalue weighted by Gasteiger charge is 2.31. The number of anilines is 1. The van der Waals surface area contributed by atoms with Crippen LogP contribution in [0.5, 0.6) is 5.75 Å². The lowest BCUT2D eigenvalue weighted by atomic mass is 9.80. The summed E-state index contributed by atoms with van der Waals surface area (Å²) < 4.78 is 6.41. The molecule has 1 heterocycles. The maximum atomic E-state index is 11.6. The summed E-state index contributed by atoms with van der Waals surface area (Å²) in [5.74, 6) is 1.12. The predicted molar refractivity (Wildman–Crippen MR) is 145 cm³/mol. The van der Waals surface area contributed by atoms with Crippen LogP contribution in [0, 0.1) is 27.2 Å². The molecule has 0 amide bonds. The first kappa shape index (κ1) is 24.4. The monoisotopic (exact) mass is 506 g/mol. The molecule has 0 saturated carbocycles. The SMILES string of the molecule is Cc1ccccc1[C@H]1C(/C=N\Nc2ccc([N+](=O)[O-])cc2[N+](=O)[O-])=C(c2ccccc2)Oc2ccccc21. The minimum Gasteiger partial charge on any atom is -0.456 e. The third-order valence-electron chi connectivity index (χ3n) is 6.33. The Hall–Kier alpha value is -5.31. The predicted octanol–water partition coefficient (Wildman–Crippen LogP) is 6.84. The lowest BCUT2D eigenvalue weighted by Crippen LogP contribution is -2.18. The summed E-state index contributed by atoms with van der Waals surface area (Å²) in [4.78, 5) is 21.3. The summed E-state index contributed by atoms with van der Waals surface area (Å²) in [6.45, 7) is 2.04. The molecular formula is C29H22N4O5. The highest BCUT2D eigenvalue weighted by Crippen LogP contribution is 2.45. The van der Waals surface area contributed by atoms with Gasteiger partial charge < -0.3 is 4.74 Å². The Kier molecular flexibility index (Phi) is 6.65. The maximum absolute atomic E-state index is 11.6. The Bertz CT molecular complexity index is 1600. The van der Waals surface area contributed by atoms with Crippen LogP contribution in [0.2, 0.25) is 0 Å². The summed E-state index contributed by atoms with van der Waals surface area (Å²) >= 11 is 0. The van der Waals surface area contributed by atoms with Crippen LogP contribution in [0.3, 0.4) is 0 Å². The second-order valence-corrected chi connectivity index (χ2v) is 8.67. The minimum absolute atomic E-state index is 0.0308. The molecule has 0 aliphatic carbocycles. The van der Waals surface area contributed by atoms with E-state index in [1.165, 1.54) is 12.1 Å². The van der Waals surface area contributed by atoms with Crippen LogP contribution < -0.4 is 10.2 Å². The number of nitrogens with zero attached hydrogens (tertiary/aromatic N) is 3. The van der Waals surface area contributed by atoms with Crippen molar-refractivity contribution in [3.05, 3.63) is 145 Å². The zero-order valence-corrected chi connectivity index (χ0v) is 20.3. The summed E-state index contributed by atoms with van der Waals surface area (Å²) in [5, 5.41) is 27.0. The van der Waals surface area contributed by atoms with E-state index in [0.29, 0.717) is 5.76 Å². The number of allylic oxidation sites excluding steroid dienone is 1. The molecular weight excluding hydrogens is 484 g/mol. The highest BCUT2D eigenvalue weighted by molar-refractivity contribution is 5.94. The quantitative estimate of drug-likeness (QED) is 0.166. The fourth-order valence-electron chi connectivity index (χ4n) is 4.52. The molecule has 0 radical (unpaired) electrons. The Labute approximate surface area is 218 Å². The number of para-hydroxylation sites is 1. The molecule has 1 atom stereocenters. The van der Waals surface area contributed by atoms with Gasteiger partial charge in [-0.05, 0) is 30.2 Å². The van der Waals surface area contributed by atoms with E-state index in [1.807, 2.05) is 79.7 Å². The number of hydrogen-bond donors (Lipinski definition) is 1. The molecule has 0 unspecified atom stereocenters. The number of nitro groups is 2. The van der Waals surface area contributed by atoms with E-state index in [2.05, 4.69) is 16.6 Å². The van der Waals surface area contributed by atoms with E-state index in [0.717, 1.165) is 39.6 Å². The highest BCUT2D eigenvalue weighted by atomic mass is 16.6. The van der Waals surface area contributed by atoms with Crippen molar-refractivity contribution in [1.29, 1.82) is 0 Å². The lowest BCUT2D eigenvalue weighted by molar-refractivity contribution is -0.393. The number of fused-ring (bicyclic) bond motifs is 1. The van der Waals surface area contributed by atoms with Gasteiger partial charge in [0, 0.05) is 28.7 Å². The van der Waals surface area contributed by atoms with Crippen molar-refractivity contribution in [2.45, 2.75) is 12.8 Å². The Balaban J connectivity index is 1.64. The van der Waals surface area contributed by atoms with Gasteiger partial charge in [0.25, 0.3) is 5.69 Å². The first-order valence-corrected chi connectivity index (χ1v) is 11.8. The number of nitro benzene ring substituents is 2. The van der Waals surface area contributed by atoms with E-state index in [4.69, 9.17) is 4.74 Å². The number of nitrogens with one attached hydrogen (secondary N) is 1. The van der Waals surface area contributed by atoms with E-state index < -0.39 is 15.5 Å². The van der Waals surface area contributed by atoms with Crippen molar-refractivity contribution in [3.63, 3.8) is 0 Å². The van der Waals surface area contributed by atoms with Crippen LogP contribution in [0.1, 0.15) is 28.2 Å². The van der Waals surface area contributed by atoms with Gasteiger partial charge in [-0.3, -0.25) is 25.7 Å². The van der Waals surface area contributed by atoms with Crippen molar-refractivity contribution in [2.75, 3.05) is 5.43 Å². The van der Waals surface area contributed by atoms with Crippen LogP contribution >= 0.6 is 0 Å². The van der Waals surface area contributed by atoms with Crippen LogP contribution in [0.15, 0.2) is 108 Å². The molecule has 1 aliphatic rings. The van der Waals surface area contributed by atoms with Crippen molar-refractivity contribution >= 4 is 29.0 Å². The molecule has 0 bridgehead atoms. The molecule has 1 N–H and O–H groups in total. The van der Waals surface area contributed by atoms with Crippen LogP contribution in [0.25, 0.3) is 5.76 Å². The number of hydrogen-bond acceptors (Lipinski definition) is 7. The molecule has 0 fully saturated rings. The maximum Gasteiger partial charge on any atom is 0.301 e. The van der Waals surface area contributed by atoms with Gasteiger partial charge in [-0.1, -0.05) is 72.8 Å². The Morgan fingerprint density at radius 2 is 1.53 bits per heavy atom. The van der Waals surface area contributed by atoms with Gasteiger partial charge in [-0.15, -0.1) is 0 Å². The van der Waals surface area contributed by atoms with Crippen molar-refractivity contribution in [2.24, 2.45) is 5.10 Å². The van der Waals surface area contributed by atoms with E-state index in [-0.39, 0.29) is 17.3 Å². The third kappa shape index (κ3) is 4.72. The number of benzene rings is 4. The molecule has 9 nitrogen and oxygen atoms in total. The number of aryl methyl sites for hydroxylation is 1. The molecule has 0 saturated heterocycles. The van der Waals surface area contributed by atoms with Crippen LogP contribution in [0.4, 0.5) is 17.1 Å².